The summed E-state index contributed by atoms with van der Waals surface area (Å²) in [5.74, 6) is 0.201. The summed E-state index contributed by atoms with van der Waals surface area (Å²) in [4.78, 5) is 26.2. The van der Waals surface area contributed by atoms with Gasteiger partial charge >= 0.3 is 6.09 Å². The van der Waals surface area contributed by atoms with E-state index in [9.17, 15) is 9.59 Å². The van der Waals surface area contributed by atoms with Crippen LogP contribution in [0.2, 0.25) is 0 Å². The molecule has 1 amide bonds. The zero-order valence-electron chi connectivity index (χ0n) is 14.1. The van der Waals surface area contributed by atoms with Gasteiger partial charge in [0.1, 0.15) is 11.4 Å². The average Bonchev–Trinajstić information content (AvgIpc) is 2.36. The first kappa shape index (κ1) is 16.5. The molecule has 1 aromatic carbocycles. The van der Waals surface area contributed by atoms with Crippen LogP contribution < -0.4 is 0 Å². The molecule has 0 spiro atoms. The summed E-state index contributed by atoms with van der Waals surface area (Å²) in [6.07, 6.45) is 0.429. The number of aryl methyl sites for hydroxylation is 2. The molecule has 1 atom stereocenters. The van der Waals surface area contributed by atoms with Crippen molar-refractivity contribution in [1.82, 2.24) is 4.90 Å². The molecule has 1 aliphatic heterocycles. The summed E-state index contributed by atoms with van der Waals surface area (Å²) in [6, 6.07) is 5.82. The summed E-state index contributed by atoms with van der Waals surface area (Å²) in [5, 5.41) is 0. The van der Waals surface area contributed by atoms with E-state index in [1.165, 1.54) is 0 Å². The van der Waals surface area contributed by atoms with Crippen LogP contribution >= 0.6 is 0 Å². The van der Waals surface area contributed by atoms with E-state index in [4.69, 9.17) is 4.74 Å². The van der Waals surface area contributed by atoms with Gasteiger partial charge in [-0.15, -0.1) is 0 Å². The van der Waals surface area contributed by atoms with Crippen molar-refractivity contribution in [1.29, 1.82) is 0 Å². The van der Waals surface area contributed by atoms with E-state index >= 15 is 0 Å². The van der Waals surface area contributed by atoms with Crippen LogP contribution in [0.25, 0.3) is 0 Å². The van der Waals surface area contributed by atoms with E-state index in [1.807, 2.05) is 52.8 Å². The first-order valence-corrected chi connectivity index (χ1v) is 7.76. The third-order valence-corrected chi connectivity index (χ3v) is 3.93. The SMILES string of the molecule is Cc1cccc(C)c1[C@@H]1CC(=O)CCN1C(=O)OC(C)(C)C. The Morgan fingerprint density at radius 1 is 1.23 bits per heavy atom. The Kier molecular flexibility index (Phi) is 4.59. The fourth-order valence-corrected chi connectivity index (χ4v) is 2.98. The quantitative estimate of drug-likeness (QED) is 0.789. The Balaban J connectivity index is 2.36. The van der Waals surface area contributed by atoms with Gasteiger partial charge in [0.2, 0.25) is 0 Å². The molecule has 0 N–H and O–H groups in total. The van der Waals surface area contributed by atoms with Gasteiger partial charge in [0.05, 0.1) is 6.04 Å². The highest BCUT2D eigenvalue weighted by atomic mass is 16.6. The highest BCUT2D eigenvalue weighted by Crippen LogP contribution is 2.34. The monoisotopic (exact) mass is 303 g/mol. The van der Waals surface area contributed by atoms with Crippen LogP contribution in [0, 0.1) is 13.8 Å². The van der Waals surface area contributed by atoms with Gasteiger partial charge in [-0.05, 0) is 51.3 Å². The summed E-state index contributed by atoms with van der Waals surface area (Å²) < 4.78 is 5.52. The largest absolute Gasteiger partial charge is 0.444 e. The molecule has 0 unspecified atom stereocenters. The standard InChI is InChI=1S/C18H25NO3/c1-12-7-6-8-13(2)16(12)15-11-14(20)9-10-19(15)17(21)22-18(3,4)5/h6-8,15H,9-11H2,1-5H3/t15-/m0/s1. The van der Waals surface area contributed by atoms with Crippen molar-refractivity contribution < 1.29 is 14.3 Å². The lowest BCUT2D eigenvalue weighted by Crippen LogP contribution is -2.44. The van der Waals surface area contributed by atoms with E-state index in [-0.39, 0.29) is 17.9 Å². The van der Waals surface area contributed by atoms with E-state index in [2.05, 4.69) is 0 Å². The molecule has 2 rings (SSSR count). The zero-order chi connectivity index (χ0) is 16.5. The molecule has 0 aromatic heterocycles. The van der Waals surface area contributed by atoms with E-state index in [0.29, 0.717) is 19.4 Å². The number of hydrogen-bond acceptors (Lipinski definition) is 3. The smallest absolute Gasteiger partial charge is 0.410 e. The number of piperidine rings is 1. The molecule has 0 radical (unpaired) electrons. The van der Waals surface area contributed by atoms with Crippen LogP contribution in [0.3, 0.4) is 0 Å². The summed E-state index contributed by atoms with van der Waals surface area (Å²) in [6.45, 7) is 10.0. The number of benzene rings is 1. The normalized spacial score (nSPS) is 19.2. The van der Waals surface area contributed by atoms with Crippen molar-refractivity contribution in [3.8, 4) is 0 Å². The zero-order valence-corrected chi connectivity index (χ0v) is 14.1. The number of likely N-dealkylation sites (tertiary alicyclic amines) is 1. The number of nitrogens with zero attached hydrogens (tertiary/aromatic N) is 1. The Morgan fingerprint density at radius 2 is 1.82 bits per heavy atom. The number of hydrogen-bond donors (Lipinski definition) is 0. The molecular weight excluding hydrogens is 278 g/mol. The number of amides is 1. The fraction of sp³-hybridized carbons (Fsp3) is 0.556. The third-order valence-electron chi connectivity index (χ3n) is 3.93. The van der Waals surface area contributed by atoms with Gasteiger partial charge in [-0.1, -0.05) is 18.2 Å². The Hall–Kier alpha value is -1.84. The Labute approximate surface area is 132 Å². The summed E-state index contributed by atoms with van der Waals surface area (Å²) in [5.41, 5.74) is 2.74. The first-order valence-electron chi connectivity index (χ1n) is 7.76. The molecule has 1 aromatic rings. The molecule has 0 bridgehead atoms. The predicted octanol–water partition coefficient (Wildman–Crippen LogP) is 3.94. The first-order chi connectivity index (χ1) is 10.2. The number of carbonyl (C=O) groups excluding carboxylic acids is 2. The van der Waals surface area contributed by atoms with E-state index in [0.717, 1.165) is 16.7 Å². The summed E-state index contributed by atoms with van der Waals surface area (Å²) in [7, 11) is 0. The van der Waals surface area contributed by atoms with Crippen molar-refractivity contribution in [3.63, 3.8) is 0 Å². The molecule has 0 saturated carbocycles. The predicted molar refractivity (Wildman–Crippen MR) is 85.8 cm³/mol. The number of ketones is 1. The maximum Gasteiger partial charge on any atom is 0.410 e. The van der Waals surface area contributed by atoms with Crippen molar-refractivity contribution in [3.05, 3.63) is 34.9 Å². The topological polar surface area (TPSA) is 46.6 Å². The lowest BCUT2D eigenvalue weighted by atomic mass is 9.89. The van der Waals surface area contributed by atoms with Crippen LogP contribution in [0.5, 0.6) is 0 Å². The number of rotatable bonds is 1. The van der Waals surface area contributed by atoms with Crippen molar-refractivity contribution in [2.24, 2.45) is 0 Å². The second kappa shape index (κ2) is 6.11. The third kappa shape index (κ3) is 3.67. The minimum absolute atomic E-state index is 0.201. The minimum Gasteiger partial charge on any atom is -0.444 e. The lowest BCUT2D eigenvalue weighted by molar-refractivity contribution is -0.123. The van der Waals surface area contributed by atoms with Crippen LogP contribution in [-0.2, 0) is 9.53 Å². The van der Waals surface area contributed by atoms with Gasteiger partial charge in [0.15, 0.2) is 0 Å². The van der Waals surface area contributed by atoms with Crippen LogP contribution in [0.4, 0.5) is 4.79 Å². The van der Waals surface area contributed by atoms with Gasteiger partial charge in [0, 0.05) is 19.4 Å². The van der Waals surface area contributed by atoms with Gasteiger partial charge in [-0.3, -0.25) is 4.79 Å². The molecule has 1 heterocycles. The molecule has 1 aliphatic rings. The number of ether oxygens (including phenoxy) is 1. The molecule has 120 valence electrons. The van der Waals surface area contributed by atoms with E-state index in [1.54, 1.807) is 4.90 Å². The van der Waals surface area contributed by atoms with Gasteiger partial charge in [-0.25, -0.2) is 4.79 Å². The molecular formula is C18H25NO3. The molecule has 4 nitrogen and oxygen atoms in total. The van der Waals surface area contributed by atoms with E-state index < -0.39 is 5.60 Å². The van der Waals surface area contributed by atoms with Gasteiger partial charge in [-0.2, -0.15) is 0 Å². The Morgan fingerprint density at radius 3 is 2.36 bits per heavy atom. The minimum atomic E-state index is -0.538. The molecule has 4 heteroatoms. The lowest BCUT2D eigenvalue weighted by Gasteiger charge is -2.37. The molecule has 22 heavy (non-hydrogen) atoms. The number of Topliss-reactive ketones (excluding diaryl/α,β-unsaturated/α-hetero) is 1. The molecule has 1 saturated heterocycles. The van der Waals surface area contributed by atoms with Crippen LogP contribution in [0.15, 0.2) is 18.2 Å². The Bertz CT molecular complexity index is 566. The van der Waals surface area contributed by atoms with Crippen molar-refractivity contribution in [2.45, 2.75) is 59.1 Å². The van der Waals surface area contributed by atoms with Gasteiger partial charge < -0.3 is 9.64 Å². The second-order valence-electron chi connectivity index (χ2n) is 6.99. The molecule has 0 aliphatic carbocycles. The van der Waals surface area contributed by atoms with Crippen molar-refractivity contribution >= 4 is 11.9 Å². The maximum atomic E-state index is 12.5. The van der Waals surface area contributed by atoms with Crippen LogP contribution in [0.1, 0.15) is 56.3 Å². The highest BCUT2D eigenvalue weighted by Gasteiger charge is 2.35. The maximum absolute atomic E-state index is 12.5. The highest BCUT2D eigenvalue weighted by molar-refractivity contribution is 5.83. The van der Waals surface area contributed by atoms with Crippen LogP contribution in [-0.4, -0.2) is 28.9 Å². The summed E-state index contributed by atoms with van der Waals surface area (Å²) >= 11 is 0. The second-order valence-corrected chi connectivity index (χ2v) is 6.99. The molecule has 1 fully saturated rings. The van der Waals surface area contributed by atoms with Gasteiger partial charge in [0.25, 0.3) is 0 Å². The fourth-order valence-electron chi connectivity index (χ4n) is 2.98. The van der Waals surface area contributed by atoms with Crippen molar-refractivity contribution in [2.75, 3.05) is 6.54 Å². The number of carbonyl (C=O) groups is 2. The average molecular weight is 303 g/mol.